The van der Waals surface area contributed by atoms with Gasteiger partial charge in [0.05, 0.1) is 0 Å². The molecule has 0 fully saturated rings. The van der Waals surface area contributed by atoms with E-state index in [0.717, 1.165) is 22.7 Å². The number of ketones is 1. The number of thiocarbonyl (C=S) groups is 1. The molecule has 0 aliphatic carbocycles. The predicted molar refractivity (Wildman–Crippen MR) is 114 cm³/mol. The Morgan fingerprint density at radius 3 is 2.30 bits per heavy atom. The highest BCUT2D eigenvalue weighted by Gasteiger charge is 2.03. The van der Waals surface area contributed by atoms with Crippen LogP contribution >= 0.6 is 12.2 Å². The Labute approximate surface area is 164 Å². The largest absolute Gasteiger partial charge is 0.489 e. The molecule has 0 spiro atoms. The summed E-state index contributed by atoms with van der Waals surface area (Å²) in [6, 6.07) is 24.8. The molecule has 3 rings (SSSR count). The van der Waals surface area contributed by atoms with Crippen LogP contribution in [0.25, 0.3) is 0 Å². The quantitative estimate of drug-likeness (QED) is 0.453. The maximum Gasteiger partial charge on any atom is 0.175 e. The molecule has 0 aromatic heterocycles. The topological polar surface area (TPSA) is 50.4 Å². The van der Waals surface area contributed by atoms with Gasteiger partial charge in [0.25, 0.3) is 0 Å². The molecular weight excluding hydrogens is 356 g/mol. The minimum atomic E-state index is 0.0172. The van der Waals surface area contributed by atoms with E-state index >= 15 is 0 Å². The molecule has 0 saturated carbocycles. The van der Waals surface area contributed by atoms with Crippen LogP contribution in [0.1, 0.15) is 22.8 Å². The molecule has 0 radical (unpaired) electrons. The first-order valence-electron chi connectivity index (χ1n) is 8.56. The zero-order chi connectivity index (χ0) is 19.1. The molecule has 2 N–H and O–H groups in total. The third-order valence-corrected chi connectivity index (χ3v) is 4.09. The van der Waals surface area contributed by atoms with Crippen molar-refractivity contribution in [1.82, 2.24) is 0 Å². The number of hydrogen-bond acceptors (Lipinski definition) is 3. The fourth-order valence-corrected chi connectivity index (χ4v) is 2.72. The summed E-state index contributed by atoms with van der Waals surface area (Å²) in [6.07, 6.45) is 0. The first-order chi connectivity index (χ1) is 13.1. The number of carbonyl (C=O) groups excluding carboxylic acids is 1. The summed E-state index contributed by atoms with van der Waals surface area (Å²) < 4.78 is 5.78. The number of benzene rings is 3. The third kappa shape index (κ3) is 5.66. The summed E-state index contributed by atoms with van der Waals surface area (Å²) in [5.41, 5.74) is 3.38. The Morgan fingerprint density at radius 1 is 0.889 bits per heavy atom. The molecule has 5 heteroatoms. The molecule has 0 unspecified atom stereocenters. The van der Waals surface area contributed by atoms with Gasteiger partial charge < -0.3 is 15.4 Å². The van der Waals surface area contributed by atoms with E-state index < -0.39 is 0 Å². The standard InChI is InChI=1S/C22H20N2O2S/c1-16(25)18-8-5-9-20(14-18)24-22(27)23-19-10-12-21(13-11-19)26-15-17-6-3-2-4-7-17/h2-14H,15H2,1H3,(H2,23,24,27). The van der Waals surface area contributed by atoms with Gasteiger partial charge in [-0.05, 0) is 61.1 Å². The fraction of sp³-hybridized carbons (Fsp3) is 0.0909. The van der Waals surface area contributed by atoms with E-state index in [1.54, 1.807) is 12.1 Å². The van der Waals surface area contributed by atoms with Crippen molar-refractivity contribution in [3.63, 3.8) is 0 Å². The highest BCUT2D eigenvalue weighted by Crippen LogP contribution is 2.18. The molecule has 0 amide bonds. The molecule has 0 bridgehead atoms. The average Bonchev–Trinajstić information content (AvgIpc) is 2.68. The van der Waals surface area contributed by atoms with Gasteiger partial charge in [0.2, 0.25) is 0 Å². The summed E-state index contributed by atoms with van der Waals surface area (Å²) in [6.45, 7) is 2.07. The van der Waals surface area contributed by atoms with Crippen molar-refractivity contribution >= 4 is 34.5 Å². The highest BCUT2D eigenvalue weighted by atomic mass is 32.1. The van der Waals surface area contributed by atoms with Crippen LogP contribution < -0.4 is 15.4 Å². The van der Waals surface area contributed by atoms with Gasteiger partial charge in [0.1, 0.15) is 12.4 Å². The minimum Gasteiger partial charge on any atom is -0.489 e. The van der Waals surface area contributed by atoms with E-state index in [9.17, 15) is 4.79 Å². The van der Waals surface area contributed by atoms with Crippen LogP contribution in [0, 0.1) is 0 Å². The summed E-state index contributed by atoms with van der Waals surface area (Å²) in [5, 5.41) is 6.66. The second kappa shape index (κ2) is 8.96. The van der Waals surface area contributed by atoms with Crippen molar-refractivity contribution in [2.45, 2.75) is 13.5 Å². The summed E-state index contributed by atoms with van der Waals surface area (Å²) in [7, 11) is 0. The lowest BCUT2D eigenvalue weighted by atomic mass is 10.1. The van der Waals surface area contributed by atoms with E-state index in [2.05, 4.69) is 10.6 Å². The number of nitrogens with one attached hydrogen (secondary N) is 2. The van der Waals surface area contributed by atoms with Crippen molar-refractivity contribution in [2.75, 3.05) is 10.6 Å². The fourth-order valence-electron chi connectivity index (χ4n) is 2.48. The van der Waals surface area contributed by atoms with Crippen LogP contribution in [0.4, 0.5) is 11.4 Å². The second-order valence-electron chi connectivity index (χ2n) is 6.01. The SMILES string of the molecule is CC(=O)c1cccc(NC(=S)Nc2ccc(OCc3ccccc3)cc2)c1. The highest BCUT2D eigenvalue weighted by molar-refractivity contribution is 7.80. The van der Waals surface area contributed by atoms with Gasteiger partial charge in [-0.3, -0.25) is 4.79 Å². The van der Waals surface area contributed by atoms with E-state index in [1.165, 1.54) is 6.92 Å². The number of ether oxygens (including phenoxy) is 1. The maximum absolute atomic E-state index is 11.5. The Kier molecular flexibility index (Phi) is 6.18. The van der Waals surface area contributed by atoms with Crippen LogP contribution in [0.3, 0.4) is 0 Å². The van der Waals surface area contributed by atoms with Crippen molar-refractivity contribution < 1.29 is 9.53 Å². The normalized spacial score (nSPS) is 10.1. The van der Waals surface area contributed by atoms with Crippen LogP contribution in [0.2, 0.25) is 0 Å². The van der Waals surface area contributed by atoms with Crippen LogP contribution in [-0.2, 0) is 6.61 Å². The first kappa shape index (κ1) is 18.6. The smallest absolute Gasteiger partial charge is 0.175 e. The lowest BCUT2D eigenvalue weighted by Gasteiger charge is -2.12. The van der Waals surface area contributed by atoms with Gasteiger partial charge in [-0.25, -0.2) is 0 Å². The number of anilines is 2. The Hall–Kier alpha value is -3.18. The Morgan fingerprint density at radius 2 is 1.59 bits per heavy atom. The van der Waals surface area contributed by atoms with Crippen LogP contribution in [0.5, 0.6) is 5.75 Å². The molecule has 27 heavy (non-hydrogen) atoms. The van der Waals surface area contributed by atoms with E-state index in [-0.39, 0.29) is 5.78 Å². The van der Waals surface area contributed by atoms with Gasteiger partial charge >= 0.3 is 0 Å². The molecule has 0 heterocycles. The maximum atomic E-state index is 11.5. The molecule has 3 aromatic rings. The van der Waals surface area contributed by atoms with Gasteiger partial charge in [-0.15, -0.1) is 0 Å². The summed E-state index contributed by atoms with van der Waals surface area (Å²) >= 11 is 5.34. The number of carbonyl (C=O) groups is 1. The van der Waals surface area contributed by atoms with Gasteiger partial charge in [0, 0.05) is 16.9 Å². The average molecular weight is 376 g/mol. The van der Waals surface area contributed by atoms with E-state index in [1.807, 2.05) is 66.7 Å². The van der Waals surface area contributed by atoms with Gasteiger partial charge in [-0.2, -0.15) is 0 Å². The van der Waals surface area contributed by atoms with E-state index in [4.69, 9.17) is 17.0 Å². The van der Waals surface area contributed by atoms with Crippen molar-refractivity contribution in [3.05, 3.63) is 90.0 Å². The van der Waals surface area contributed by atoms with Crippen molar-refractivity contribution in [1.29, 1.82) is 0 Å². The zero-order valence-electron chi connectivity index (χ0n) is 14.9. The lowest BCUT2D eigenvalue weighted by Crippen LogP contribution is -2.19. The molecule has 3 aromatic carbocycles. The van der Waals surface area contributed by atoms with Crippen LogP contribution in [0.15, 0.2) is 78.9 Å². The van der Waals surface area contributed by atoms with Gasteiger partial charge in [-0.1, -0.05) is 42.5 Å². The van der Waals surface area contributed by atoms with Gasteiger partial charge in [0.15, 0.2) is 10.9 Å². The van der Waals surface area contributed by atoms with Crippen LogP contribution in [-0.4, -0.2) is 10.9 Å². The molecule has 0 aliphatic heterocycles. The molecule has 136 valence electrons. The van der Waals surface area contributed by atoms with E-state index in [0.29, 0.717) is 17.3 Å². The monoisotopic (exact) mass is 376 g/mol. The molecule has 4 nitrogen and oxygen atoms in total. The first-order valence-corrected chi connectivity index (χ1v) is 8.97. The molecule has 0 saturated heterocycles. The Balaban J connectivity index is 1.54. The third-order valence-electron chi connectivity index (χ3n) is 3.89. The minimum absolute atomic E-state index is 0.0172. The molecule has 0 atom stereocenters. The van der Waals surface area contributed by atoms with Crippen molar-refractivity contribution in [2.24, 2.45) is 0 Å². The summed E-state index contributed by atoms with van der Waals surface area (Å²) in [5.74, 6) is 0.807. The molecule has 0 aliphatic rings. The van der Waals surface area contributed by atoms with Crippen molar-refractivity contribution in [3.8, 4) is 5.75 Å². The Bertz CT molecular complexity index is 925. The summed E-state index contributed by atoms with van der Waals surface area (Å²) in [4.78, 5) is 11.5. The number of Topliss-reactive ketones (excluding diaryl/α,β-unsaturated/α-hetero) is 1. The zero-order valence-corrected chi connectivity index (χ0v) is 15.8. The predicted octanol–water partition coefficient (Wildman–Crippen LogP) is 5.28. The lowest BCUT2D eigenvalue weighted by molar-refractivity contribution is 0.101. The number of hydrogen-bond donors (Lipinski definition) is 2. The number of rotatable bonds is 6. The molecular formula is C22H20N2O2S. The second-order valence-corrected chi connectivity index (χ2v) is 6.42.